The minimum atomic E-state index is 0.248. The Labute approximate surface area is 69.3 Å². The van der Waals surface area contributed by atoms with Crippen LogP contribution in [0.1, 0.15) is 20.8 Å². The third-order valence-electron chi connectivity index (χ3n) is 1.33. The van der Waals surface area contributed by atoms with Gasteiger partial charge in [-0.25, -0.2) is 0 Å². The Morgan fingerprint density at radius 2 is 1.91 bits per heavy atom. The van der Waals surface area contributed by atoms with Crippen molar-refractivity contribution in [2.45, 2.75) is 20.8 Å². The van der Waals surface area contributed by atoms with Crippen molar-refractivity contribution in [3.05, 3.63) is 0 Å². The maximum atomic E-state index is 7.44. The molecule has 66 valence electrons. The molecule has 0 aromatic rings. The molecule has 0 aromatic heterocycles. The van der Waals surface area contributed by atoms with Gasteiger partial charge in [0.1, 0.15) is 0 Å². The Hall–Kier alpha value is -0.730. The van der Waals surface area contributed by atoms with Gasteiger partial charge in [-0.15, -0.1) is 0 Å². The summed E-state index contributed by atoms with van der Waals surface area (Å²) in [5.74, 6) is 0.472. The molecule has 0 aliphatic rings. The normalized spacial score (nSPS) is 11.0. The van der Waals surface area contributed by atoms with Crippen molar-refractivity contribution in [2.24, 2.45) is 5.41 Å². The lowest BCUT2D eigenvalue weighted by Gasteiger charge is -2.27. The van der Waals surface area contributed by atoms with Gasteiger partial charge in [0.25, 0.3) is 0 Å². The van der Waals surface area contributed by atoms with Gasteiger partial charge < -0.3 is 10.2 Å². The second-order valence-electron chi connectivity index (χ2n) is 4.02. The molecule has 0 saturated carbocycles. The molecule has 0 fully saturated rings. The lowest BCUT2D eigenvalue weighted by atomic mass is 9.96. The topological polar surface area (TPSA) is 39.1 Å². The van der Waals surface area contributed by atoms with Crippen molar-refractivity contribution >= 4 is 5.96 Å². The van der Waals surface area contributed by atoms with Gasteiger partial charge in [0.15, 0.2) is 5.96 Å². The van der Waals surface area contributed by atoms with E-state index in [1.807, 2.05) is 11.9 Å². The molecule has 2 N–H and O–H groups in total. The van der Waals surface area contributed by atoms with E-state index in [0.29, 0.717) is 5.96 Å². The zero-order chi connectivity index (χ0) is 9.07. The summed E-state index contributed by atoms with van der Waals surface area (Å²) >= 11 is 0. The van der Waals surface area contributed by atoms with Crippen LogP contribution in [0.25, 0.3) is 0 Å². The number of nitrogens with one attached hydrogen (secondary N) is 2. The third-order valence-corrected chi connectivity index (χ3v) is 1.33. The molecule has 0 amide bonds. The first-order valence-electron chi connectivity index (χ1n) is 3.84. The average molecular weight is 157 g/mol. The number of rotatable bonds is 1. The third kappa shape index (κ3) is 4.65. The van der Waals surface area contributed by atoms with E-state index in [0.717, 1.165) is 6.54 Å². The van der Waals surface area contributed by atoms with Crippen molar-refractivity contribution < 1.29 is 0 Å². The van der Waals surface area contributed by atoms with E-state index in [2.05, 4.69) is 26.1 Å². The molecule has 0 spiro atoms. The molecule has 0 atom stereocenters. The summed E-state index contributed by atoms with van der Waals surface area (Å²) in [6.45, 7) is 7.37. The van der Waals surface area contributed by atoms with E-state index in [4.69, 9.17) is 5.41 Å². The second-order valence-corrected chi connectivity index (χ2v) is 4.02. The molecule has 3 nitrogen and oxygen atoms in total. The van der Waals surface area contributed by atoms with Crippen molar-refractivity contribution in [3.63, 3.8) is 0 Å². The minimum Gasteiger partial charge on any atom is -0.359 e. The molecule has 0 unspecified atom stereocenters. The first-order chi connectivity index (χ1) is 4.87. The van der Waals surface area contributed by atoms with E-state index in [9.17, 15) is 0 Å². The maximum Gasteiger partial charge on any atom is 0.190 e. The standard InChI is InChI=1S/C8H19N3/c1-8(2,3)6-11(5)7(9)10-4/h6H2,1-5H3,(H2,9,10). The van der Waals surface area contributed by atoms with E-state index in [1.54, 1.807) is 7.05 Å². The molecular weight excluding hydrogens is 138 g/mol. The fraction of sp³-hybridized carbons (Fsp3) is 0.875. The first-order valence-corrected chi connectivity index (χ1v) is 3.84. The molecule has 0 bridgehead atoms. The van der Waals surface area contributed by atoms with Crippen LogP contribution in [-0.2, 0) is 0 Å². The summed E-state index contributed by atoms with van der Waals surface area (Å²) in [6, 6.07) is 0. The highest BCUT2D eigenvalue weighted by molar-refractivity contribution is 5.75. The number of hydrogen-bond acceptors (Lipinski definition) is 1. The van der Waals surface area contributed by atoms with E-state index >= 15 is 0 Å². The predicted molar refractivity (Wildman–Crippen MR) is 48.9 cm³/mol. The lowest BCUT2D eigenvalue weighted by molar-refractivity contribution is 0.300. The van der Waals surface area contributed by atoms with Crippen LogP contribution in [0, 0.1) is 10.8 Å². The van der Waals surface area contributed by atoms with Crippen LogP contribution in [0.15, 0.2) is 0 Å². The first kappa shape index (κ1) is 10.3. The molecule has 0 aromatic carbocycles. The maximum absolute atomic E-state index is 7.44. The highest BCUT2D eigenvalue weighted by Gasteiger charge is 2.14. The van der Waals surface area contributed by atoms with Crippen molar-refractivity contribution in [3.8, 4) is 0 Å². The van der Waals surface area contributed by atoms with Crippen LogP contribution >= 0.6 is 0 Å². The monoisotopic (exact) mass is 157 g/mol. The van der Waals surface area contributed by atoms with Gasteiger partial charge in [-0.1, -0.05) is 20.8 Å². The van der Waals surface area contributed by atoms with Gasteiger partial charge in [0.05, 0.1) is 0 Å². The zero-order valence-electron chi connectivity index (χ0n) is 8.15. The summed E-state index contributed by atoms with van der Waals surface area (Å²) in [4.78, 5) is 1.90. The molecule has 11 heavy (non-hydrogen) atoms. The Kier molecular flexibility index (Phi) is 3.36. The van der Waals surface area contributed by atoms with E-state index in [1.165, 1.54) is 0 Å². The second kappa shape index (κ2) is 3.60. The van der Waals surface area contributed by atoms with Gasteiger partial charge in [0.2, 0.25) is 0 Å². The van der Waals surface area contributed by atoms with Crippen LogP contribution in [-0.4, -0.2) is 31.5 Å². The molecule has 0 aliphatic carbocycles. The van der Waals surface area contributed by atoms with Crippen molar-refractivity contribution in [1.29, 1.82) is 5.41 Å². The molecular formula is C8H19N3. The van der Waals surface area contributed by atoms with E-state index in [-0.39, 0.29) is 5.41 Å². The molecule has 3 heteroatoms. The smallest absolute Gasteiger partial charge is 0.190 e. The fourth-order valence-electron chi connectivity index (χ4n) is 0.981. The van der Waals surface area contributed by atoms with Crippen LogP contribution in [0.2, 0.25) is 0 Å². The lowest BCUT2D eigenvalue weighted by Crippen LogP contribution is -2.40. The summed E-state index contributed by atoms with van der Waals surface area (Å²) in [7, 11) is 3.69. The molecule has 0 rings (SSSR count). The molecule has 0 radical (unpaired) electrons. The summed E-state index contributed by atoms with van der Waals surface area (Å²) < 4.78 is 0. The summed E-state index contributed by atoms with van der Waals surface area (Å²) in [6.07, 6.45) is 0. The average Bonchev–Trinajstić information content (AvgIpc) is 1.82. The van der Waals surface area contributed by atoms with Crippen molar-refractivity contribution in [1.82, 2.24) is 10.2 Å². The fourth-order valence-corrected chi connectivity index (χ4v) is 0.981. The Morgan fingerprint density at radius 1 is 1.45 bits per heavy atom. The van der Waals surface area contributed by atoms with Gasteiger partial charge in [-0.3, -0.25) is 5.41 Å². The number of nitrogens with zero attached hydrogens (tertiary/aromatic N) is 1. The molecule has 0 saturated heterocycles. The summed E-state index contributed by atoms with van der Waals surface area (Å²) in [5.41, 5.74) is 0.248. The minimum absolute atomic E-state index is 0.248. The number of guanidine groups is 1. The Bertz CT molecular complexity index is 135. The largest absolute Gasteiger partial charge is 0.359 e. The predicted octanol–water partition coefficient (Wildman–Crippen LogP) is 1.12. The van der Waals surface area contributed by atoms with Gasteiger partial charge >= 0.3 is 0 Å². The van der Waals surface area contributed by atoms with Crippen LogP contribution in [0.5, 0.6) is 0 Å². The van der Waals surface area contributed by atoms with Gasteiger partial charge in [-0.05, 0) is 5.41 Å². The summed E-state index contributed by atoms with van der Waals surface area (Å²) in [5, 5.41) is 10.2. The quantitative estimate of drug-likeness (QED) is 0.442. The van der Waals surface area contributed by atoms with Crippen LogP contribution < -0.4 is 5.32 Å². The van der Waals surface area contributed by atoms with Gasteiger partial charge in [-0.2, -0.15) is 0 Å². The Balaban J connectivity index is 3.87. The highest BCUT2D eigenvalue weighted by atomic mass is 15.2. The van der Waals surface area contributed by atoms with Crippen LogP contribution in [0.4, 0.5) is 0 Å². The van der Waals surface area contributed by atoms with Crippen LogP contribution in [0.3, 0.4) is 0 Å². The molecule has 0 aliphatic heterocycles. The van der Waals surface area contributed by atoms with Gasteiger partial charge in [0, 0.05) is 20.6 Å². The Morgan fingerprint density at radius 3 is 2.18 bits per heavy atom. The van der Waals surface area contributed by atoms with E-state index < -0.39 is 0 Å². The molecule has 0 heterocycles. The number of hydrogen-bond donors (Lipinski definition) is 2. The SMILES string of the molecule is CNC(=N)N(C)CC(C)(C)C. The highest BCUT2D eigenvalue weighted by Crippen LogP contribution is 2.13. The zero-order valence-corrected chi connectivity index (χ0v) is 8.15. The van der Waals surface area contributed by atoms with Crippen molar-refractivity contribution in [2.75, 3.05) is 20.6 Å².